The molecule has 0 N–H and O–H groups in total. The molecular weight excluding hydrogens is 186 g/mol. The highest BCUT2D eigenvalue weighted by molar-refractivity contribution is 7.84. The monoisotopic (exact) mass is 195 g/mol. The molecule has 13 heavy (non-hydrogen) atoms. The highest BCUT2D eigenvalue weighted by atomic mass is 32.2. The summed E-state index contributed by atoms with van der Waals surface area (Å²) in [6.07, 6.45) is 6.80. The first-order valence-electron chi connectivity index (χ1n) is 3.98. The lowest BCUT2D eigenvalue weighted by atomic mass is 10.6. The largest absolute Gasteiger partial charge is 0.290 e. The molecule has 0 radical (unpaired) electrons. The minimum Gasteiger partial charge on any atom is -0.290 e. The van der Waals surface area contributed by atoms with Crippen molar-refractivity contribution in [3.8, 4) is 0 Å². The highest BCUT2D eigenvalue weighted by Gasteiger charge is 2.07. The molecule has 0 unspecified atom stereocenters. The van der Waals surface area contributed by atoms with Gasteiger partial charge in [0.15, 0.2) is 0 Å². The maximum Gasteiger partial charge on any atom is 0.203 e. The predicted molar refractivity (Wildman–Crippen MR) is 49.9 cm³/mol. The van der Waals surface area contributed by atoms with E-state index in [-0.39, 0.29) is 0 Å². The van der Waals surface area contributed by atoms with Crippen LogP contribution in [0.1, 0.15) is 6.92 Å². The van der Waals surface area contributed by atoms with E-state index >= 15 is 0 Å². The van der Waals surface area contributed by atoms with E-state index in [1.165, 1.54) is 0 Å². The minimum atomic E-state index is -1.01. The van der Waals surface area contributed by atoms with Crippen LogP contribution in [-0.2, 0) is 10.8 Å². The molecule has 2 aromatic heterocycles. The van der Waals surface area contributed by atoms with E-state index in [9.17, 15) is 4.21 Å². The van der Waals surface area contributed by atoms with E-state index in [1.54, 1.807) is 29.2 Å². The van der Waals surface area contributed by atoms with Gasteiger partial charge in [0.05, 0.1) is 28.7 Å². The summed E-state index contributed by atoms with van der Waals surface area (Å²) in [5, 5.41) is 0.597. The van der Waals surface area contributed by atoms with Crippen LogP contribution in [0.25, 0.3) is 5.52 Å². The fraction of sp³-hybridized carbons (Fsp3) is 0.250. The van der Waals surface area contributed by atoms with E-state index in [0.29, 0.717) is 10.9 Å². The summed E-state index contributed by atoms with van der Waals surface area (Å²) >= 11 is 0. The molecule has 0 aromatic carbocycles. The molecule has 0 aliphatic rings. The summed E-state index contributed by atoms with van der Waals surface area (Å²) < 4.78 is 13.3. The molecule has 2 aromatic rings. The minimum absolute atomic E-state index is 0.585. The Kier molecular flexibility index (Phi) is 2.10. The van der Waals surface area contributed by atoms with Gasteiger partial charge in [0.1, 0.15) is 0 Å². The van der Waals surface area contributed by atoms with Crippen molar-refractivity contribution < 1.29 is 4.21 Å². The first-order valence-corrected chi connectivity index (χ1v) is 5.30. The summed E-state index contributed by atoms with van der Waals surface area (Å²) in [5.41, 5.74) is 0.874. The number of aromatic nitrogens is 3. The smallest absolute Gasteiger partial charge is 0.203 e. The van der Waals surface area contributed by atoms with Gasteiger partial charge in [-0.25, -0.2) is 4.98 Å². The molecule has 0 aliphatic heterocycles. The van der Waals surface area contributed by atoms with E-state index in [4.69, 9.17) is 0 Å². The van der Waals surface area contributed by atoms with Crippen molar-refractivity contribution in [3.63, 3.8) is 0 Å². The zero-order valence-electron chi connectivity index (χ0n) is 7.17. The highest BCUT2D eigenvalue weighted by Crippen LogP contribution is 2.08. The Morgan fingerprint density at radius 2 is 2.38 bits per heavy atom. The second-order valence-corrected chi connectivity index (χ2v) is 4.18. The van der Waals surface area contributed by atoms with Gasteiger partial charge in [-0.2, -0.15) is 0 Å². The van der Waals surface area contributed by atoms with Gasteiger partial charge in [0.25, 0.3) is 0 Å². The van der Waals surface area contributed by atoms with Gasteiger partial charge >= 0.3 is 0 Å². The molecule has 0 bridgehead atoms. The molecule has 4 nitrogen and oxygen atoms in total. The number of imidazole rings is 1. The molecule has 2 rings (SSSR count). The normalized spacial score (nSPS) is 13.3. The van der Waals surface area contributed by atoms with E-state index in [0.717, 1.165) is 5.52 Å². The number of fused-ring (bicyclic) bond motifs is 1. The predicted octanol–water partition coefficient (Wildman–Crippen LogP) is 0.857. The molecule has 5 heteroatoms. The van der Waals surface area contributed by atoms with Crippen LogP contribution in [0.4, 0.5) is 0 Å². The van der Waals surface area contributed by atoms with Gasteiger partial charge in [0, 0.05) is 18.1 Å². The Bertz CT molecular complexity index is 451. The van der Waals surface area contributed by atoms with Gasteiger partial charge < -0.3 is 0 Å². The lowest BCUT2D eigenvalue weighted by Crippen LogP contribution is -2.00. The van der Waals surface area contributed by atoms with Gasteiger partial charge in [-0.15, -0.1) is 0 Å². The average molecular weight is 195 g/mol. The molecule has 0 spiro atoms. The van der Waals surface area contributed by atoms with Crippen LogP contribution in [0.2, 0.25) is 0 Å². The molecule has 2 heterocycles. The molecule has 0 fully saturated rings. The maximum absolute atomic E-state index is 11.5. The number of hydrogen-bond donors (Lipinski definition) is 0. The first kappa shape index (κ1) is 8.37. The standard InChI is InChI=1S/C8H9N3OS/c1-2-13(12)8-10-6-7-5-9-3-4-11(7)8/h3-6H,2H2,1H3/t13-/m0/s1. The second kappa shape index (κ2) is 3.26. The number of hydrogen-bond acceptors (Lipinski definition) is 3. The van der Waals surface area contributed by atoms with E-state index in [2.05, 4.69) is 9.97 Å². The SMILES string of the molecule is CC[S@](=O)c1ncc2cnccn12. The molecule has 0 aliphatic carbocycles. The number of rotatable bonds is 2. The van der Waals surface area contributed by atoms with Gasteiger partial charge in [-0.1, -0.05) is 6.92 Å². The van der Waals surface area contributed by atoms with Crippen molar-refractivity contribution >= 4 is 16.3 Å². The molecule has 68 valence electrons. The Balaban J connectivity index is 2.64. The average Bonchev–Trinajstić information content (AvgIpc) is 2.60. The Morgan fingerprint density at radius 3 is 3.15 bits per heavy atom. The third-order valence-corrected chi connectivity index (χ3v) is 3.00. The van der Waals surface area contributed by atoms with Gasteiger partial charge in [0.2, 0.25) is 5.16 Å². The van der Waals surface area contributed by atoms with Crippen molar-refractivity contribution in [1.82, 2.24) is 14.4 Å². The topological polar surface area (TPSA) is 47.3 Å². The third kappa shape index (κ3) is 1.35. The Hall–Kier alpha value is -1.23. The van der Waals surface area contributed by atoms with Crippen LogP contribution < -0.4 is 0 Å². The van der Waals surface area contributed by atoms with Crippen LogP contribution in [0.5, 0.6) is 0 Å². The van der Waals surface area contributed by atoms with E-state index < -0.39 is 10.8 Å². The van der Waals surface area contributed by atoms with Crippen LogP contribution >= 0.6 is 0 Å². The van der Waals surface area contributed by atoms with Gasteiger partial charge in [-0.3, -0.25) is 13.6 Å². The maximum atomic E-state index is 11.5. The summed E-state index contributed by atoms with van der Waals surface area (Å²) in [5.74, 6) is 0.585. The molecular formula is C8H9N3OS. The summed E-state index contributed by atoms with van der Waals surface area (Å²) in [7, 11) is -1.01. The van der Waals surface area contributed by atoms with Crippen molar-refractivity contribution in [1.29, 1.82) is 0 Å². The van der Waals surface area contributed by atoms with Crippen molar-refractivity contribution in [2.24, 2.45) is 0 Å². The zero-order chi connectivity index (χ0) is 9.26. The molecule has 0 saturated carbocycles. The van der Waals surface area contributed by atoms with Crippen molar-refractivity contribution in [2.75, 3.05) is 5.75 Å². The fourth-order valence-corrected chi connectivity index (χ4v) is 1.94. The fourth-order valence-electron chi connectivity index (χ4n) is 1.12. The van der Waals surface area contributed by atoms with Crippen LogP contribution in [0.3, 0.4) is 0 Å². The van der Waals surface area contributed by atoms with Gasteiger partial charge in [-0.05, 0) is 0 Å². The zero-order valence-corrected chi connectivity index (χ0v) is 7.99. The molecule has 1 atom stereocenters. The lowest BCUT2D eigenvalue weighted by Gasteiger charge is -1.97. The van der Waals surface area contributed by atoms with Crippen LogP contribution in [-0.4, -0.2) is 24.3 Å². The number of nitrogens with zero attached hydrogens (tertiary/aromatic N) is 3. The third-order valence-electron chi connectivity index (χ3n) is 1.77. The van der Waals surface area contributed by atoms with E-state index in [1.807, 2.05) is 6.92 Å². The van der Waals surface area contributed by atoms with Crippen molar-refractivity contribution in [2.45, 2.75) is 12.1 Å². The second-order valence-electron chi connectivity index (χ2n) is 2.55. The summed E-state index contributed by atoms with van der Waals surface area (Å²) in [4.78, 5) is 8.04. The van der Waals surface area contributed by atoms with Crippen molar-refractivity contribution in [3.05, 3.63) is 24.8 Å². The quantitative estimate of drug-likeness (QED) is 0.714. The lowest BCUT2D eigenvalue weighted by molar-refractivity contribution is 0.676. The molecule has 0 amide bonds. The first-order chi connectivity index (χ1) is 6.33. The van der Waals surface area contributed by atoms with Crippen LogP contribution in [0.15, 0.2) is 29.9 Å². The Labute approximate surface area is 78.1 Å². The molecule has 0 saturated heterocycles. The summed E-state index contributed by atoms with van der Waals surface area (Å²) in [6.45, 7) is 1.87. The van der Waals surface area contributed by atoms with Crippen LogP contribution in [0, 0.1) is 0 Å². The summed E-state index contributed by atoms with van der Waals surface area (Å²) in [6, 6.07) is 0. The Morgan fingerprint density at radius 1 is 1.54 bits per heavy atom.